The van der Waals surface area contributed by atoms with Crippen molar-refractivity contribution in [2.24, 2.45) is 0 Å². The van der Waals surface area contributed by atoms with Crippen LogP contribution in [0, 0.1) is 0 Å². The molecular weight excluding hydrogens is 403 g/mol. The van der Waals surface area contributed by atoms with Gasteiger partial charge < -0.3 is 9.05 Å². The van der Waals surface area contributed by atoms with E-state index < -0.39 is 7.60 Å². The average molecular weight is 426 g/mol. The summed E-state index contributed by atoms with van der Waals surface area (Å²) in [5.74, 6) is 1.21. The molecule has 0 fully saturated rings. The van der Waals surface area contributed by atoms with Crippen molar-refractivity contribution >= 4 is 7.60 Å². The number of hydrogen-bond donors (Lipinski definition) is 0. The van der Waals surface area contributed by atoms with Crippen molar-refractivity contribution in [1.82, 2.24) is 0 Å². The lowest BCUT2D eigenvalue weighted by molar-refractivity contribution is 0.384. The van der Waals surface area contributed by atoms with E-state index in [1.54, 1.807) is 0 Å². The highest BCUT2D eigenvalue weighted by atomic mass is 31.2. The number of fused-ring (bicyclic) bond motifs is 2. The molecule has 0 saturated carbocycles. The fourth-order valence-corrected chi connectivity index (χ4v) is 5.19. The van der Waals surface area contributed by atoms with Gasteiger partial charge in [-0.05, 0) is 46.5 Å². The summed E-state index contributed by atoms with van der Waals surface area (Å²) in [5.41, 5.74) is 6.46. The zero-order chi connectivity index (χ0) is 21.4. The Morgan fingerprint density at radius 3 is 1.45 bits per heavy atom. The zero-order valence-corrected chi connectivity index (χ0v) is 18.4. The third-order valence-electron chi connectivity index (χ3n) is 5.70. The highest BCUT2D eigenvalue weighted by Crippen LogP contribution is 2.53. The van der Waals surface area contributed by atoms with Gasteiger partial charge in [0.25, 0.3) is 0 Å². The standard InChI is InChI=1S/C27H23O3P/c1-19-24-17-22(20-9-5-3-6-10-20)13-15-26(24)29-31(2,28)30-27-16-14-23(18-25(19)27)21-11-7-4-8-12-21/h3-19H,1-2H3. The van der Waals surface area contributed by atoms with Gasteiger partial charge in [-0.1, -0.05) is 79.7 Å². The lowest BCUT2D eigenvalue weighted by atomic mass is 9.88. The fraction of sp³-hybridized carbons (Fsp3) is 0.111. The summed E-state index contributed by atoms with van der Waals surface area (Å²) < 4.78 is 24.9. The molecule has 0 atom stereocenters. The van der Waals surface area contributed by atoms with Crippen molar-refractivity contribution in [1.29, 1.82) is 0 Å². The minimum atomic E-state index is -3.32. The van der Waals surface area contributed by atoms with Gasteiger partial charge in [-0.2, -0.15) is 0 Å². The molecule has 154 valence electrons. The first-order chi connectivity index (χ1) is 15.0. The van der Waals surface area contributed by atoms with Crippen LogP contribution in [-0.4, -0.2) is 6.66 Å². The van der Waals surface area contributed by atoms with Crippen molar-refractivity contribution in [3.63, 3.8) is 0 Å². The molecule has 0 saturated heterocycles. The first-order valence-electron chi connectivity index (χ1n) is 10.4. The highest BCUT2D eigenvalue weighted by molar-refractivity contribution is 7.53. The van der Waals surface area contributed by atoms with Crippen LogP contribution in [0.1, 0.15) is 24.0 Å². The van der Waals surface area contributed by atoms with Crippen molar-refractivity contribution in [3.05, 3.63) is 108 Å². The Bertz CT molecular complexity index is 1190. The minimum absolute atomic E-state index is 0.00220. The normalized spacial score (nSPS) is 19.7. The van der Waals surface area contributed by atoms with Crippen LogP contribution < -0.4 is 9.05 Å². The summed E-state index contributed by atoms with van der Waals surface area (Å²) in [6.07, 6.45) is 0. The molecule has 31 heavy (non-hydrogen) atoms. The number of hydrogen-bond acceptors (Lipinski definition) is 3. The van der Waals surface area contributed by atoms with E-state index in [4.69, 9.17) is 9.05 Å². The number of benzene rings is 4. The minimum Gasteiger partial charge on any atom is -0.416 e. The molecule has 0 aliphatic carbocycles. The Hall–Kier alpha value is -3.29. The van der Waals surface area contributed by atoms with Gasteiger partial charge in [0.05, 0.1) is 6.66 Å². The van der Waals surface area contributed by atoms with Gasteiger partial charge in [0.1, 0.15) is 11.5 Å². The van der Waals surface area contributed by atoms with Crippen LogP contribution in [0.25, 0.3) is 22.3 Å². The Morgan fingerprint density at radius 1 is 0.613 bits per heavy atom. The molecule has 5 rings (SSSR count). The third kappa shape index (κ3) is 3.89. The van der Waals surface area contributed by atoms with Crippen molar-refractivity contribution in [3.8, 4) is 33.8 Å². The first-order valence-corrected chi connectivity index (χ1v) is 12.3. The van der Waals surface area contributed by atoms with Crippen LogP contribution in [0.3, 0.4) is 0 Å². The van der Waals surface area contributed by atoms with Gasteiger partial charge in [0.2, 0.25) is 0 Å². The Labute approximate surface area is 182 Å². The summed E-state index contributed by atoms with van der Waals surface area (Å²) in [6.45, 7) is 3.66. The molecule has 4 aromatic carbocycles. The van der Waals surface area contributed by atoms with Crippen LogP contribution >= 0.6 is 7.60 Å². The van der Waals surface area contributed by atoms with E-state index in [1.807, 2.05) is 60.7 Å². The van der Waals surface area contributed by atoms with E-state index in [0.29, 0.717) is 11.5 Å². The van der Waals surface area contributed by atoms with Crippen LogP contribution in [0.15, 0.2) is 97.1 Å². The lowest BCUT2D eigenvalue weighted by Gasteiger charge is -2.28. The molecule has 0 N–H and O–H groups in total. The van der Waals surface area contributed by atoms with E-state index in [0.717, 1.165) is 33.4 Å². The Morgan fingerprint density at radius 2 is 1.03 bits per heavy atom. The van der Waals surface area contributed by atoms with E-state index in [2.05, 4.69) is 43.3 Å². The second-order valence-electron chi connectivity index (χ2n) is 7.91. The molecular formula is C27H23O3P. The van der Waals surface area contributed by atoms with Crippen LogP contribution in [0.4, 0.5) is 0 Å². The molecule has 1 aliphatic heterocycles. The Kier molecular flexibility index (Phi) is 4.92. The van der Waals surface area contributed by atoms with Gasteiger partial charge in [0, 0.05) is 17.0 Å². The molecule has 4 aromatic rings. The molecule has 0 unspecified atom stereocenters. The predicted octanol–water partition coefficient (Wildman–Crippen LogP) is 7.77. The summed E-state index contributed by atoms with van der Waals surface area (Å²) in [6, 6.07) is 32.6. The summed E-state index contributed by atoms with van der Waals surface area (Å²) in [5, 5.41) is 0. The maximum atomic E-state index is 13.1. The van der Waals surface area contributed by atoms with Gasteiger partial charge in [-0.15, -0.1) is 0 Å². The molecule has 0 spiro atoms. The van der Waals surface area contributed by atoms with Gasteiger partial charge in [-0.3, -0.25) is 0 Å². The molecule has 0 amide bonds. The van der Waals surface area contributed by atoms with E-state index in [9.17, 15) is 4.57 Å². The van der Waals surface area contributed by atoms with Crippen LogP contribution in [0.2, 0.25) is 0 Å². The third-order valence-corrected chi connectivity index (χ3v) is 6.75. The second-order valence-corrected chi connectivity index (χ2v) is 9.82. The smallest absolute Gasteiger partial charge is 0.416 e. The SMILES string of the molecule is CC1c2cc(-c3ccccc3)ccc2OP(C)(=O)Oc2ccc(-c3ccccc3)cc21. The molecule has 0 aromatic heterocycles. The first kappa shape index (κ1) is 19.7. The highest BCUT2D eigenvalue weighted by Gasteiger charge is 2.30. The summed E-state index contributed by atoms with van der Waals surface area (Å²) >= 11 is 0. The topological polar surface area (TPSA) is 35.5 Å². The molecule has 4 heteroatoms. The second kappa shape index (κ2) is 7.76. The molecule has 1 aliphatic rings. The van der Waals surface area contributed by atoms with Gasteiger partial charge in [-0.25, -0.2) is 4.57 Å². The van der Waals surface area contributed by atoms with Crippen molar-refractivity contribution < 1.29 is 13.6 Å². The quantitative estimate of drug-likeness (QED) is 0.307. The lowest BCUT2D eigenvalue weighted by Crippen LogP contribution is -2.10. The fourth-order valence-electron chi connectivity index (χ4n) is 4.10. The monoisotopic (exact) mass is 426 g/mol. The van der Waals surface area contributed by atoms with Gasteiger partial charge >= 0.3 is 7.60 Å². The van der Waals surface area contributed by atoms with E-state index >= 15 is 0 Å². The van der Waals surface area contributed by atoms with E-state index in [1.165, 1.54) is 6.66 Å². The molecule has 1 heterocycles. The van der Waals surface area contributed by atoms with Crippen molar-refractivity contribution in [2.45, 2.75) is 12.8 Å². The largest absolute Gasteiger partial charge is 0.427 e. The van der Waals surface area contributed by atoms with E-state index in [-0.39, 0.29) is 5.92 Å². The zero-order valence-electron chi connectivity index (χ0n) is 17.5. The molecule has 0 radical (unpaired) electrons. The average Bonchev–Trinajstić information content (AvgIpc) is 2.79. The van der Waals surface area contributed by atoms with Crippen molar-refractivity contribution in [2.75, 3.05) is 6.66 Å². The molecule has 0 bridgehead atoms. The maximum Gasteiger partial charge on any atom is 0.427 e. The maximum absolute atomic E-state index is 13.1. The van der Waals surface area contributed by atoms with Gasteiger partial charge in [0.15, 0.2) is 0 Å². The van der Waals surface area contributed by atoms with Crippen LogP contribution in [0.5, 0.6) is 11.5 Å². The Balaban J connectivity index is 1.68. The summed E-state index contributed by atoms with van der Waals surface area (Å²) in [7, 11) is -3.32. The summed E-state index contributed by atoms with van der Waals surface area (Å²) in [4.78, 5) is 0. The predicted molar refractivity (Wildman–Crippen MR) is 126 cm³/mol. The van der Waals surface area contributed by atoms with Crippen LogP contribution in [-0.2, 0) is 4.57 Å². The number of rotatable bonds is 2. The molecule has 3 nitrogen and oxygen atoms in total.